The maximum Gasteiger partial charge on any atom is 0.128 e. The first-order valence-corrected chi connectivity index (χ1v) is 7.18. The lowest BCUT2D eigenvalue weighted by molar-refractivity contribution is 0.558. The molecule has 0 saturated carbocycles. The zero-order chi connectivity index (χ0) is 14.0. The van der Waals surface area contributed by atoms with Crippen LogP contribution in [0.4, 0.5) is 8.78 Å². The van der Waals surface area contributed by atoms with Gasteiger partial charge in [0.15, 0.2) is 0 Å². The van der Waals surface area contributed by atoms with Crippen molar-refractivity contribution in [1.82, 2.24) is 5.32 Å². The van der Waals surface area contributed by atoms with Crippen molar-refractivity contribution in [2.75, 3.05) is 7.05 Å². The van der Waals surface area contributed by atoms with Crippen molar-refractivity contribution in [2.24, 2.45) is 0 Å². The van der Waals surface area contributed by atoms with Gasteiger partial charge >= 0.3 is 0 Å². The Kier molecular flexibility index (Phi) is 4.71. The number of nitrogens with one attached hydrogen (secondary N) is 1. The summed E-state index contributed by atoms with van der Waals surface area (Å²) >= 11 is 6.78. The zero-order valence-corrected chi connectivity index (χ0v) is 13.2. The van der Waals surface area contributed by atoms with Crippen LogP contribution in [0.15, 0.2) is 45.3 Å². The molecular weight excluding hydrogens is 380 g/mol. The highest BCUT2D eigenvalue weighted by molar-refractivity contribution is 9.11. The Morgan fingerprint density at radius 2 is 1.63 bits per heavy atom. The minimum atomic E-state index is -0.453. The van der Waals surface area contributed by atoms with Gasteiger partial charge < -0.3 is 5.32 Å². The van der Waals surface area contributed by atoms with E-state index < -0.39 is 17.7 Å². The van der Waals surface area contributed by atoms with Gasteiger partial charge in [-0.2, -0.15) is 0 Å². The molecule has 0 fully saturated rings. The molecule has 0 saturated heterocycles. The summed E-state index contributed by atoms with van der Waals surface area (Å²) < 4.78 is 28.9. The number of benzene rings is 2. The summed E-state index contributed by atoms with van der Waals surface area (Å²) in [4.78, 5) is 0. The standard InChI is InChI=1S/C14H11Br2F2N/c1-19-14(8-4-9(15)6-10(16)5-8)12-7-11(17)2-3-13(12)18/h2-7,14,19H,1H3. The van der Waals surface area contributed by atoms with Crippen molar-refractivity contribution in [3.05, 3.63) is 68.1 Å². The number of rotatable bonds is 3. The normalized spacial score (nSPS) is 12.5. The fourth-order valence-corrected chi connectivity index (χ4v) is 3.31. The Morgan fingerprint density at radius 1 is 1.00 bits per heavy atom. The summed E-state index contributed by atoms with van der Waals surface area (Å²) in [5.41, 5.74) is 1.13. The van der Waals surface area contributed by atoms with Crippen LogP contribution in [0.2, 0.25) is 0 Å². The van der Waals surface area contributed by atoms with Gasteiger partial charge in [-0.15, -0.1) is 0 Å². The monoisotopic (exact) mass is 389 g/mol. The first-order chi connectivity index (χ1) is 9.01. The molecule has 1 nitrogen and oxygen atoms in total. The van der Waals surface area contributed by atoms with Crippen molar-refractivity contribution in [3.63, 3.8) is 0 Å². The van der Waals surface area contributed by atoms with Crippen LogP contribution in [-0.4, -0.2) is 7.05 Å². The summed E-state index contributed by atoms with van der Waals surface area (Å²) in [6.45, 7) is 0. The lowest BCUT2D eigenvalue weighted by atomic mass is 9.98. The molecule has 0 amide bonds. The first-order valence-electron chi connectivity index (χ1n) is 5.59. The molecule has 2 rings (SSSR count). The van der Waals surface area contributed by atoms with E-state index in [0.717, 1.165) is 26.6 Å². The van der Waals surface area contributed by atoms with Crippen molar-refractivity contribution >= 4 is 31.9 Å². The van der Waals surface area contributed by atoms with Gasteiger partial charge in [0.1, 0.15) is 11.6 Å². The molecule has 2 aromatic rings. The van der Waals surface area contributed by atoms with E-state index in [2.05, 4.69) is 37.2 Å². The van der Waals surface area contributed by atoms with E-state index in [4.69, 9.17) is 0 Å². The second-order valence-corrected chi connectivity index (χ2v) is 5.92. The molecule has 0 radical (unpaired) electrons. The molecule has 0 heterocycles. The molecule has 19 heavy (non-hydrogen) atoms. The quantitative estimate of drug-likeness (QED) is 0.793. The van der Waals surface area contributed by atoms with Crippen LogP contribution in [0.3, 0.4) is 0 Å². The SMILES string of the molecule is CNC(c1cc(Br)cc(Br)c1)c1cc(F)ccc1F. The minimum absolute atomic E-state index is 0.285. The van der Waals surface area contributed by atoms with Crippen molar-refractivity contribution < 1.29 is 8.78 Å². The van der Waals surface area contributed by atoms with E-state index in [9.17, 15) is 8.78 Å². The van der Waals surface area contributed by atoms with E-state index in [1.807, 2.05) is 18.2 Å². The van der Waals surface area contributed by atoms with Gasteiger partial charge in [0, 0.05) is 14.5 Å². The molecule has 0 spiro atoms. The van der Waals surface area contributed by atoms with E-state index in [0.29, 0.717) is 0 Å². The van der Waals surface area contributed by atoms with Gasteiger partial charge in [-0.25, -0.2) is 8.78 Å². The molecular formula is C14H11Br2F2N. The smallest absolute Gasteiger partial charge is 0.128 e. The maximum atomic E-state index is 13.9. The molecule has 0 aliphatic heterocycles. The van der Waals surface area contributed by atoms with Crippen molar-refractivity contribution in [2.45, 2.75) is 6.04 Å². The molecule has 100 valence electrons. The van der Waals surface area contributed by atoms with Crippen molar-refractivity contribution in [3.8, 4) is 0 Å². The van der Waals surface area contributed by atoms with E-state index in [1.54, 1.807) is 7.05 Å². The van der Waals surface area contributed by atoms with Crippen LogP contribution in [-0.2, 0) is 0 Å². The Hall–Kier alpha value is -0.780. The summed E-state index contributed by atoms with van der Waals surface area (Å²) in [5.74, 6) is -0.887. The Labute approximate surface area is 127 Å². The third kappa shape index (κ3) is 3.41. The first kappa shape index (κ1) is 14.6. The molecule has 0 aliphatic carbocycles. The number of halogens is 4. The van der Waals surface area contributed by atoms with Crippen LogP contribution < -0.4 is 5.32 Å². The molecule has 1 unspecified atom stereocenters. The van der Waals surface area contributed by atoms with Crippen LogP contribution in [0.1, 0.15) is 17.2 Å². The largest absolute Gasteiger partial charge is 0.309 e. The van der Waals surface area contributed by atoms with E-state index >= 15 is 0 Å². The average molecular weight is 391 g/mol. The predicted molar refractivity (Wildman–Crippen MR) is 79.1 cm³/mol. The summed E-state index contributed by atoms with van der Waals surface area (Å²) in [7, 11) is 1.71. The second-order valence-electron chi connectivity index (χ2n) is 4.09. The molecule has 0 aliphatic rings. The Morgan fingerprint density at radius 3 is 2.21 bits per heavy atom. The summed E-state index contributed by atoms with van der Waals surface area (Å²) in [6, 6.07) is 8.69. The van der Waals surface area contributed by atoms with Gasteiger partial charge in [0.25, 0.3) is 0 Å². The van der Waals surface area contributed by atoms with E-state index in [1.165, 1.54) is 6.07 Å². The maximum absolute atomic E-state index is 13.9. The minimum Gasteiger partial charge on any atom is -0.309 e. The Balaban J connectivity index is 2.52. The van der Waals surface area contributed by atoms with Crippen LogP contribution in [0.5, 0.6) is 0 Å². The van der Waals surface area contributed by atoms with Crippen LogP contribution in [0.25, 0.3) is 0 Å². The van der Waals surface area contributed by atoms with Crippen molar-refractivity contribution in [1.29, 1.82) is 0 Å². The number of hydrogen-bond acceptors (Lipinski definition) is 1. The van der Waals surface area contributed by atoms with E-state index in [-0.39, 0.29) is 5.56 Å². The molecule has 2 aromatic carbocycles. The Bertz CT molecular complexity index is 582. The molecule has 0 bridgehead atoms. The predicted octanol–water partition coefficient (Wildman–Crippen LogP) is 4.80. The lowest BCUT2D eigenvalue weighted by Gasteiger charge is -2.18. The second kappa shape index (κ2) is 6.11. The third-order valence-corrected chi connectivity index (χ3v) is 3.69. The molecule has 5 heteroatoms. The topological polar surface area (TPSA) is 12.0 Å². The van der Waals surface area contributed by atoms with Gasteiger partial charge in [-0.05, 0) is 49.0 Å². The molecule has 0 aromatic heterocycles. The summed E-state index contributed by atoms with van der Waals surface area (Å²) in [6.07, 6.45) is 0. The van der Waals surface area contributed by atoms with Gasteiger partial charge in [0.05, 0.1) is 6.04 Å². The molecule has 1 N–H and O–H groups in total. The molecule has 1 atom stereocenters. The fourth-order valence-electron chi connectivity index (χ4n) is 1.98. The highest BCUT2D eigenvalue weighted by Crippen LogP contribution is 2.29. The zero-order valence-electron chi connectivity index (χ0n) is 10.1. The summed E-state index contributed by atoms with van der Waals surface area (Å²) in [5, 5.41) is 3.01. The van der Waals surface area contributed by atoms with Gasteiger partial charge in [-0.3, -0.25) is 0 Å². The average Bonchev–Trinajstić information content (AvgIpc) is 2.33. The highest BCUT2D eigenvalue weighted by atomic mass is 79.9. The fraction of sp³-hybridized carbons (Fsp3) is 0.143. The van der Waals surface area contributed by atoms with Gasteiger partial charge in [-0.1, -0.05) is 31.9 Å². The number of hydrogen-bond donors (Lipinski definition) is 1. The van der Waals surface area contributed by atoms with Crippen LogP contribution >= 0.6 is 31.9 Å². The van der Waals surface area contributed by atoms with Crippen LogP contribution in [0, 0.1) is 11.6 Å². The lowest BCUT2D eigenvalue weighted by Crippen LogP contribution is -2.19. The highest BCUT2D eigenvalue weighted by Gasteiger charge is 2.17. The van der Waals surface area contributed by atoms with Gasteiger partial charge in [0.2, 0.25) is 0 Å². The third-order valence-electron chi connectivity index (χ3n) is 2.78.